The van der Waals surface area contributed by atoms with Gasteiger partial charge >= 0.3 is 23.9 Å². The molecular formula is C20H24O11. The molecule has 0 N–H and O–H groups in total. The van der Waals surface area contributed by atoms with Crippen LogP contribution < -0.4 is 9.47 Å². The van der Waals surface area contributed by atoms with Gasteiger partial charge in [-0.2, -0.15) is 0 Å². The first-order valence-electron chi connectivity index (χ1n) is 9.22. The van der Waals surface area contributed by atoms with Gasteiger partial charge in [0.05, 0.1) is 14.2 Å². The Morgan fingerprint density at radius 2 is 1.23 bits per heavy atom. The molecule has 11 heteroatoms. The average Bonchev–Trinajstić information content (AvgIpc) is 2.71. The van der Waals surface area contributed by atoms with E-state index in [0.29, 0.717) is 5.75 Å². The van der Waals surface area contributed by atoms with E-state index in [1.807, 2.05) is 0 Å². The quantitative estimate of drug-likeness (QED) is 0.440. The molecule has 1 aromatic carbocycles. The summed E-state index contributed by atoms with van der Waals surface area (Å²) in [6, 6.07) is 6.34. The fourth-order valence-corrected chi connectivity index (χ4v) is 2.96. The van der Waals surface area contributed by atoms with Gasteiger partial charge in [-0.05, 0) is 24.3 Å². The Kier molecular flexibility index (Phi) is 8.20. The molecule has 1 aliphatic rings. The maximum Gasteiger partial charge on any atom is 0.339 e. The van der Waals surface area contributed by atoms with Crippen molar-refractivity contribution in [1.29, 1.82) is 0 Å². The van der Waals surface area contributed by atoms with Crippen molar-refractivity contribution < 1.29 is 52.3 Å². The standard InChI is InChI=1S/C20H24O11/c1-10(21)27-15-16(28-11(2)22)18(29-12(3)23)20(31-17(15)19(24)26-5)30-14-8-6-13(25-4)7-9-14/h6-9,15-18,20H,1-5H3/t15-,16-,17-,18+,20+/m1/s1. The average molecular weight is 440 g/mol. The molecule has 0 spiro atoms. The highest BCUT2D eigenvalue weighted by molar-refractivity contribution is 5.77. The van der Waals surface area contributed by atoms with Gasteiger partial charge in [0.25, 0.3) is 0 Å². The van der Waals surface area contributed by atoms with Crippen molar-refractivity contribution in [3.05, 3.63) is 24.3 Å². The molecular weight excluding hydrogens is 416 g/mol. The molecule has 0 amide bonds. The third kappa shape index (κ3) is 6.32. The van der Waals surface area contributed by atoms with Crippen molar-refractivity contribution in [2.75, 3.05) is 14.2 Å². The maximum atomic E-state index is 12.3. The highest BCUT2D eigenvalue weighted by Crippen LogP contribution is 2.31. The summed E-state index contributed by atoms with van der Waals surface area (Å²) in [5.41, 5.74) is 0. The van der Waals surface area contributed by atoms with Crippen LogP contribution in [0.1, 0.15) is 20.8 Å². The number of carbonyl (C=O) groups excluding carboxylic acids is 4. The molecule has 1 aliphatic heterocycles. The van der Waals surface area contributed by atoms with Crippen LogP contribution in [0.15, 0.2) is 24.3 Å². The van der Waals surface area contributed by atoms with E-state index in [1.54, 1.807) is 24.3 Å². The highest BCUT2D eigenvalue weighted by atomic mass is 16.7. The summed E-state index contributed by atoms with van der Waals surface area (Å²) in [5, 5.41) is 0. The minimum absolute atomic E-state index is 0.277. The van der Waals surface area contributed by atoms with E-state index in [4.69, 9.17) is 33.2 Å². The molecule has 5 atom stereocenters. The molecule has 0 radical (unpaired) electrons. The van der Waals surface area contributed by atoms with Crippen LogP contribution in [0.3, 0.4) is 0 Å². The Labute approximate surface area is 178 Å². The Balaban J connectivity index is 2.46. The minimum atomic E-state index is -1.52. The number of esters is 4. The van der Waals surface area contributed by atoms with Crippen LogP contribution in [0.5, 0.6) is 11.5 Å². The second-order valence-corrected chi connectivity index (χ2v) is 6.46. The zero-order valence-electron chi connectivity index (χ0n) is 17.7. The Morgan fingerprint density at radius 1 is 0.742 bits per heavy atom. The zero-order valence-corrected chi connectivity index (χ0v) is 17.7. The lowest BCUT2D eigenvalue weighted by molar-refractivity contribution is -0.282. The topological polar surface area (TPSA) is 133 Å². The SMILES string of the molecule is COC(=O)[C@@H]1O[C@H](Oc2ccc(OC)cc2)[C@@H](OC(C)=O)[C@H](OC(C)=O)[C@H]1OC(C)=O. The summed E-state index contributed by atoms with van der Waals surface area (Å²) < 4.78 is 37.0. The van der Waals surface area contributed by atoms with Gasteiger partial charge in [0, 0.05) is 20.8 Å². The first-order valence-corrected chi connectivity index (χ1v) is 9.22. The lowest BCUT2D eigenvalue weighted by atomic mass is 9.97. The predicted molar refractivity (Wildman–Crippen MR) is 101 cm³/mol. The number of rotatable bonds is 7. The van der Waals surface area contributed by atoms with Crippen LogP contribution >= 0.6 is 0 Å². The fraction of sp³-hybridized carbons (Fsp3) is 0.500. The third-order valence-corrected chi connectivity index (χ3v) is 4.15. The van der Waals surface area contributed by atoms with E-state index in [2.05, 4.69) is 0 Å². The molecule has 170 valence electrons. The van der Waals surface area contributed by atoms with Crippen molar-refractivity contribution >= 4 is 23.9 Å². The molecule has 0 aliphatic carbocycles. The van der Waals surface area contributed by atoms with Gasteiger partial charge in [0.2, 0.25) is 12.4 Å². The van der Waals surface area contributed by atoms with Crippen LogP contribution in [0.2, 0.25) is 0 Å². The molecule has 1 aromatic rings. The first kappa shape index (κ1) is 23.9. The van der Waals surface area contributed by atoms with E-state index < -0.39 is 54.6 Å². The van der Waals surface area contributed by atoms with Crippen LogP contribution in [0.25, 0.3) is 0 Å². The molecule has 0 bridgehead atoms. The number of ether oxygens (including phenoxy) is 7. The highest BCUT2D eigenvalue weighted by Gasteiger charge is 2.55. The molecule has 0 saturated carbocycles. The van der Waals surface area contributed by atoms with Gasteiger partial charge in [0.1, 0.15) is 11.5 Å². The van der Waals surface area contributed by atoms with Gasteiger partial charge in [-0.25, -0.2) is 4.79 Å². The van der Waals surface area contributed by atoms with E-state index in [1.165, 1.54) is 7.11 Å². The van der Waals surface area contributed by atoms with Crippen molar-refractivity contribution in [3.8, 4) is 11.5 Å². The van der Waals surface area contributed by atoms with Crippen LogP contribution in [-0.2, 0) is 42.9 Å². The largest absolute Gasteiger partial charge is 0.497 e. The maximum absolute atomic E-state index is 12.3. The normalized spacial score (nSPS) is 25.0. The predicted octanol–water partition coefficient (Wildman–Crippen LogP) is 0.767. The van der Waals surface area contributed by atoms with Crippen LogP contribution in [0.4, 0.5) is 0 Å². The lowest BCUT2D eigenvalue weighted by Gasteiger charge is -2.43. The molecule has 31 heavy (non-hydrogen) atoms. The van der Waals surface area contributed by atoms with Crippen molar-refractivity contribution in [2.45, 2.75) is 51.5 Å². The van der Waals surface area contributed by atoms with E-state index in [9.17, 15) is 19.2 Å². The number of benzene rings is 1. The molecule has 1 heterocycles. The van der Waals surface area contributed by atoms with Gasteiger partial charge < -0.3 is 33.2 Å². The molecule has 0 unspecified atom stereocenters. The third-order valence-electron chi connectivity index (χ3n) is 4.15. The molecule has 1 saturated heterocycles. The van der Waals surface area contributed by atoms with E-state index in [-0.39, 0.29) is 5.75 Å². The van der Waals surface area contributed by atoms with Gasteiger partial charge in [-0.1, -0.05) is 0 Å². The molecule has 0 aromatic heterocycles. The van der Waals surface area contributed by atoms with Gasteiger partial charge in [-0.3, -0.25) is 14.4 Å². The smallest absolute Gasteiger partial charge is 0.339 e. The van der Waals surface area contributed by atoms with Gasteiger partial charge in [-0.15, -0.1) is 0 Å². The summed E-state index contributed by atoms with van der Waals surface area (Å²) in [6.45, 7) is 3.33. The lowest BCUT2D eigenvalue weighted by Crippen LogP contribution is -2.64. The summed E-state index contributed by atoms with van der Waals surface area (Å²) in [6.07, 6.45) is -7.15. The second-order valence-electron chi connectivity index (χ2n) is 6.46. The summed E-state index contributed by atoms with van der Waals surface area (Å²) >= 11 is 0. The summed E-state index contributed by atoms with van der Waals surface area (Å²) in [4.78, 5) is 47.5. The van der Waals surface area contributed by atoms with Crippen molar-refractivity contribution in [3.63, 3.8) is 0 Å². The molecule has 1 fully saturated rings. The fourth-order valence-electron chi connectivity index (χ4n) is 2.96. The zero-order chi connectivity index (χ0) is 23.1. The van der Waals surface area contributed by atoms with Crippen molar-refractivity contribution in [1.82, 2.24) is 0 Å². The Bertz CT molecular complexity index is 804. The molecule has 11 nitrogen and oxygen atoms in total. The summed E-state index contributed by atoms with van der Waals surface area (Å²) in [5.74, 6) is -2.36. The van der Waals surface area contributed by atoms with Crippen LogP contribution in [-0.4, -0.2) is 68.8 Å². The Morgan fingerprint density at radius 3 is 1.71 bits per heavy atom. The number of hydrogen-bond acceptors (Lipinski definition) is 11. The van der Waals surface area contributed by atoms with Crippen molar-refractivity contribution in [2.24, 2.45) is 0 Å². The monoisotopic (exact) mass is 440 g/mol. The first-order chi connectivity index (χ1) is 14.7. The van der Waals surface area contributed by atoms with Crippen LogP contribution in [0, 0.1) is 0 Å². The second kappa shape index (κ2) is 10.6. The van der Waals surface area contributed by atoms with E-state index in [0.717, 1.165) is 27.9 Å². The number of hydrogen-bond donors (Lipinski definition) is 0. The Hall–Kier alpha value is -3.34. The summed E-state index contributed by atoms with van der Waals surface area (Å²) in [7, 11) is 2.60. The number of methoxy groups -OCH3 is 2. The minimum Gasteiger partial charge on any atom is -0.497 e. The van der Waals surface area contributed by atoms with Gasteiger partial charge in [0.15, 0.2) is 18.3 Å². The molecule has 2 rings (SSSR count). The number of carbonyl (C=O) groups is 4. The van der Waals surface area contributed by atoms with E-state index >= 15 is 0 Å².